The number of fused-ring (bicyclic) bond motifs is 1. The maximum absolute atomic E-state index is 13.8. The molecule has 250 valence electrons. The molecule has 2 aliphatic carbocycles. The first kappa shape index (κ1) is 34.0. The third-order valence-electron chi connectivity index (χ3n) is 9.18. The Balaban J connectivity index is 1.45. The Morgan fingerprint density at radius 3 is 2.57 bits per heavy atom. The number of hydrogen-bond donors (Lipinski definition) is 2. The highest BCUT2D eigenvalue weighted by Gasteiger charge is 2.61. The third-order valence-corrected chi connectivity index (χ3v) is 10.0. The number of carbonyl (C=O) groups is 3. The standard InChI is InChI=1S/C35H43N5O6S/c1-7-9-10-11-14-40(5)33(42)26-16-23(15-25(26)30(41)39-35(34(43)44)18-21(35)8-2)46-31-24-13-12-22(45-6)17-27(24)36-29(38-31)32-37-28(19-47-32)20(3)4/h7-8,12-13,17,19-21,23,25-26H,1-2,9-11,14-16,18H2,3-6H3,(H,39,41)(H,43,44)/t21-,23-,25-,26-,35-/m1/s1. The highest BCUT2D eigenvalue weighted by atomic mass is 32.1. The smallest absolute Gasteiger partial charge is 0.330 e. The zero-order chi connectivity index (χ0) is 33.9. The maximum Gasteiger partial charge on any atom is 0.330 e. The van der Waals surface area contributed by atoms with Gasteiger partial charge in [-0.3, -0.25) is 9.59 Å². The molecule has 0 aliphatic heterocycles. The number of hydrogen-bond acceptors (Lipinski definition) is 9. The number of benzene rings is 1. The predicted octanol–water partition coefficient (Wildman–Crippen LogP) is 5.62. The Bertz CT molecular complexity index is 1670. The average Bonchev–Trinajstić information content (AvgIpc) is 3.36. The summed E-state index contributed by atoms with van der Waals surface area (Å²) in [5, 5.41) is 16.0. The normalized spacial score (nSPS) is 23.3. The van der Waals surface area contributed by atoms with E-state index in [2.05, 4.69) is 32.3 Å². The lowest BCUT2D eigenvalue weighted by Gasteiger charge is -2.25. The molecule has 2 N–H and O–H groups in total. The summed E-state index contributed by atoms with van der Waals surface area (Å²) < 4.78 is 12.0. The number of thiazole rings is 1. The minimum absolute atomic E-state index is 0.169. The number of nitrogens with one attached hydrogen (secondary N) is 1. The molecule has 0 bridgehead atoms. The van der Waals surface area contributed by atoms with Gasteiger partial charge in [0, 0.05) is 31.0 Å². The van der Waals surface area contributed by atoms with Crippen molar-refractivity contribution in [2.45, 2.75) is 69.9 Å². The fourth-order valence-electron chi connectivity index (χ4n) is 6.21. The molecule has 0 unspecified atom stereocenters. The lowest BCUT2D eigenvalue weighted by molar-refractivity contribution is -0.145. The molecular formula is C35H43N5O6S. The van der Waals surface area contributed by atoms with Crippen molar-refractivity contribution >= 4 is 40.0 Å². The van der Waals surface area contributed by atoms with Crippen LogP contribution in [0.5, 0.6) is 11.6 Å². The monoisotopic (exact) mass is 661 g/mol. The van der Waals surface area contributed by atoms with E-state index in [0.29, 0.717) is 39.9 Å². The van der Waals surface area contributed by atoms with E-state index in [1.54, 1.807) is 37.3 Å². The topological polar surface area (TPSA) is 144 Å². The van der Waals surface area contributed by atoms with Crippen molar-refractivity contribution in [3.05, 3.63) is 54.6 Å². The summed E-state index contributed by atoms with van der Waals surface area (Å²) in [4.78, 5) is 55.7. The molecule has 5 atom stereocenters. The number of aromatic nitrogens is 3. The highest BCUT2D eigenvalue weighted by Crippen LogP contribution is 2.46. The second-order valence-corrected chi connectivity index (χ2v) is 13.6. The number of amides is 2. The summed E-state index contributed by atoms with van der Waals surface area (Å²) >= 11 is 1.45. The molecule has 11 nitrogen and oxygen atoms in total. The molecular weight excluding hydrogens is 618 g/mol. The van der Waals surface area contributed by atoms with Crippen molar-refractivity contribution in [2.24, 2.45) is 17.8 Å². The van der Waals surface area contributed by atoms with E-state index >= 15 is 0 Å². The van der Waals surface area contributed by atoms with Crippen LogP contribution >= 0.6 is 11.3 Å². The summed E-state index contributed by atoms with van der Waals surface area (Å²) in [7, 11) is 3.32. The van der Waals surface area contributed by atoms with Crippen molar-refractivity contribution in [1.29, 1.82) is 0 Å². The van der Waals surface area contributed by atoms with Crippen LogP contribution in [0.25, 0.3) is 21.7 Å². The molecule has 2 saturated carbocycles. The number of allylic oxidation sites excluding steroid dienone is 1. The van der Waals surface area contributed by atoms with Gasteiger partial charge in [0.1, 0.15) is 17.4 Å². The molecule has 2 amide bonds. The van der Waals surface area contributed by atoms with Crippen molar-refractivity contribution in [1.82, 2.24) is 25.2 Å². The molecule has 12 heteroatoms. The van der Waals surface area contributed by atoms with Gasteiger partial charge in [-0.1, -0.05) is 26.0 Å². The Morgan fingerprint density at radius 1 is 1.17 bits per heavy atom. The zero-order valence-corrected chi connectivity index (χ0v) is 28.2. The van der Waals surface area contributed by atoms with Crippen LogP contribution in [0, 0.1) is 17.8 Å². The predicted molar refractivity (Wildman–Crippen MR) is 180 cm³/mol. The van der Waals surface area contributed by atoms with Crippen molar-refractivity contribution < 1.29 is 29.0 Å². The van der Waals surface area contributed by atoms with Gasteiger partial charge in [-0.2, -0.15) is 4.98 Å². The Hall–Kier alpha value is -4.32. The van der Waals surface area contributed by atoms with Gasteiger partial charge in [0.15, 0.2) is 10.8 Å². The Kier molecular flexibility index (Phi) is 10.3. The first-order chi connectivity index (χ1) is 22.5. The molecule has 2 aromatic heterocycles. The summed E-state index contributed by atoms with van der Waals surface area (Å²) in [6.45, 7) is 12.2. The van der Waals surface area contributed by atoms with E-state index in [9.17, 15) is 19.5 Å². The molecule has 0 radical (unpaired) electrons. The number of ether oxygens (including phenoxy) is 2. The quantitative estimate of drug-likeness (QED) is 0.157. The Morgan fingerprint density at radius 2 is 1.94 bits per heavy atom. The summed E-state index contributed by atoms with van der Waals surface area (Å²) in [6.07, 6.45) is 6.16. The highest BCUT2D eigenvalue weighted by molar-refractivity contribution is 7.13. The maximum atomic E-state index is 13.8. The van der Waals surface area contributed by atoms with E-state index in [-0.39, 0.29) is 37.0 Å². The van der Waals surface area contributed by atoms with Gasteiger partial charge < -0.3 is 24.8 Å². The van der Waals surface area contributed by atoms with E-state index in [0.717, 1.165) is 25.0 Å². The number of carboxylic acids is 1. The van der Waals surface area contributed by atoms with Crippen LogP contribution < -0.4 is 14.8 Å². The molecule has 47 heavy (non-hydrogen) atoms. The van der Waals surface area contributed by atoms with Gasteiger partial charge in [-0.05, 0) is 56.6 Å². The Labute approximate surface area is 279 Å². The number of aliphatic carboxylic acids is 1. The van der Waals surface area contributed by atoms with Gasteiger partial charge in [-0.25, -0.2) is 14.8 Å². The minimum atomic E-state index is -1.40. The van der Waals surface area contributed by atoms with Crippen LogP contribution in [0.2, 0.25) is 0 Å². The van der Waals surface area contributed by atoms with E-state index < -0.39 is 35.4 Å². The van der Waals surface area contributed by atoms with Gasteiger partial charge in [0.25, 0.3) is 0 Å². The largest absolute Gasteiger partial charge is 0.497 e. The number of unbranched alkanes of at least 4 members (excludes halogenated alkanes) is 2. The average molecular weight is 662 g/mol. The van der Waals surface area contributed by atoms with Crippen molar-refractivity contribution in [2.75, 3.05) is 20.7 Å². The molecule has 2 fully saturated rings. The van der Waals surface area contributed by atoms with Crippen LogP contribution in [0.4, 0.5) is 0 Å². The first-order valence-corrected chi connectivity index (χ1v) is 16.9. The molecule has 0 saturated heterocycles. The second kappa shape index (κ2) is 14.2. The number of nitrogens with zero attached hydrogens (tertiary/aromatic N) is 4. The number of carbonyl (C=O) groups excluding carboxylic acids is 2. The number of methoxy groups -OCH3 is 1. The van der Waals surface area contributed by atoms with Gasteiger partial charge in [0.05, 0.1) is 35.5 Å². The fraction of sp³-hybridized carbons (Fsp3) is 0.486. The van der Waals surface area contributed by atoms with Gasteiger partial charge in [0.2, 0.25) is 17.7 Å². The van der Waals surface area contributed by atoms with Crippen molar-refractivity contribution in [3.63, 3.8) is 0 Å². The number of rotatable bonds is 15. The van der Waals surface area contributed by atoms with Crippen LogP contribution in [0.1, 0.15) is 64.0 Å². The van der Waals surface area contributed by atoms with Crippen LogP contribution in [0.15, 0.2) is 48.9 Å². The molecule has 5 rings (SSSR count). The summed E-state index contributed by atoms with van der Waals surface area (Å²) in [6, 6.07) is 5.43. The van der Waals surface area contributed by atoms with E-state index in [4.69, 9.17) is 24.4 Å². The number of carboxylic acid groups (broad SMARTS) is 1. The van der Waals surface area contributed by atoms with Crippen LogP contribution in [0.3, 0.4) is 0 Å². The molecule has 2 aliphatic rings. The molecule has 1 aromatic carbocycles. The van der Waals surface area contributed by atoms with Crippen LogP contribution in [-0.2, 0) is 14.4 Å². The summed E-state index contributed by atoms with van der Waals surface area (Å²) in [5.74, 6) is -2.01. The molecule has 0 spiro atoms. The molecule has 3 aromatic rings. The van der Waals surface area contributed by atoms with Crippen molar-refractivity contribution in [3.8, 4) is 22.5 Å². The van der Waals surface area contributed by atoms with Crippen LogP contribution in [-0.4, -0.2) is 75.1 Å². The molecule has 2 heterocycles. The SMILES string of the molecule is C=CCCCCN(C)C(=O)[C@@H]1C[C@H](Oc2nc(-c3nc(C(C)C)cs3)nc3cc(OC)ccc23)C[C@H]1C(=O)N[C@]1(C(=O)O)C[C@H]1C=C. The minimum Gasteiger partial charge on any atom is -0.497 e. The lowest BCUT2D eigenvalue weighted by atomic mass is 9.93. The van der Waals surface area contributed by atoms with Gasteiger partial charge >= 0.3 is 5.97 Å². The fourth-order valence-corrected chi connectivity index (χ4v) is 7.13. The third kappa shape index (κ3) is 7.17. The lowest BCUT2D eigenvalue weighted by Crippen LogP contribution is -2.49. The van der Waals surface area contributed by atoms with E-state index in [1.807, 2.05) is 17.5 Å². The summed E-state index contributed by atoms with van der Waals surface area (Å²) in [5.41, 5.74) is 0.147. The van der Waals surface area contributed by atoms with E-state index in [1.165, 1.54) is 11.3 Å². The van der Waals surface area contributed by atoms with Gasteiger partial charge in [-0.15, -0.1) is 24.5 Å². The zero-order valence-electron chi connectivity index (χ0n) is 27.4. The second-order valence-electron chi connectivity index (χ2n) is 12.7. The first-order valence-electron chi connectivity index (χ1n) is 16.0.